The molecule has 0 aliphatic heterocycles. The van der Waals surface area contributed by atoms with Gasteiger partial charge in [-0.1, -0.05) is 90.2 Å². The van der Waals surface area contributed by atoms with E-state index in [9.17, 15) is 0 Å². The summed E-state index contributed by atoms with van der Waals surface area (Å²) in [6, 6.07) is 51.0. The van der Waals surface area contributed by atoms with Crippen LogP contribution in [0.25, 0.3) is 95.6 Å². The van der Waals surface area contributed by atoms with Gasteiger partial charge in [0.1, 0.15) is 0 Å². The van der Waals surface area contributed by atoms with Crippen LogP contribution in [0.15, 0.2) is 140 Å². The predicted octanol–water partition coefficient (Wildman–Crippen LogP) is 12.0. The first-order chi connectivity index (χ1) is 22.8. The highest BCUT2D eigenvalue weighted by molar-refractivity contribution is 7.26. The molecule has 0 saturated heterocycles. The lowest BCUT2D eigenvalue weighted by atomic mass is 10.1. The average molecular weight is 622 g/mol. The number of benzene rings is 7. The van der Waals surface area contributed by atoms with Crippen LogP contribution in [0, 0.1) is 0 Å². The lowest BCUT2D eigenvalue weighted by Crippen LogP contribution is -1.95. The molecule has 4 aromatic heterocycles. The van der Waals surface area contributed by atoms with Crippen LogP contribution in [0.4, 0.5) is 0 Å². The van der Waals surface area contributed by atoms with Crippen LogP contribution in [0.2, 0.25) is 0 Å². The summed E-state index contributed by atoms with van der Waals surface area (Å²) in [6.07, 6.45) is 0. The lowest BCUT2D eigenvalue weighted by molar-refractivity contribution is 1.14. The topological polar surface area (TPSA) is 22.8 Å². The molecule has 0 unspecified atom stereocenters. The first-order valence-electron chi connectivity index (χ1n) is 15.5. The molecule has 46 heavy (non-hydrogen) atoms. The number of aromatic nitrogens is 3. The van der Waals surface area contributed by atoms with Gasteiger partial charge in [-0.2, -0.15) is 0 Å². The second-order valence-electron chi connectivity index (χ2n) is 12.0. The van der Waals surface area contributed by atoms with Gasteiger partial charge in [0.25, 0.3) is 0 Å². The number of thiazole rings is 1. The molecular formula is C41H23N3S2. The lowest BCUT2D eigenvalue weighted by Gasteiger charge is -2.10. The fourth-order valence-corrected chi connectivity index (χ4v) is 9.64. The van der Waals surface area contributed by atoms with Crippen LogP contribution in [-0.2, 0) is 0 Å². The smallest absolute Gasteiger partial charge is 0.195 e. The Hall–Kier alpha value is -5.49. The van der Waals surface area contributed by atoms with Crippen molar-refractivity contribution in [2.75, 3.05) is 0 Å². The third kappa shape index (κ3) is 3.28. The number of thiophene rings is 1. The van der Waals surface area contributed by atoms with Gasteiger partial charge in [0.15, 0.2) is 5.13 Å². The summed E-state index contributed by atoms with van der Waals surface area (Å²) in [5, 5.41) is 11.1. The monoisotopic (exact) mass is 621 g/mol. The van der Waals surface area contributed by atoms with E-state index in [2.05, 4.69) is 149 Å². The van der Waals surface area contributed by atoms with Gasteiger partial charge in [-0.25, -0.2) is 4.98 Å². The number of rotatable bonds is 2. The minimum Gasteiger partial charge on any atom is -0.309 e. The first-order valence-corrected chi connectivity index (χ1v) is 17.1. The molecule has 0 amide bonds. The molecule has 7 aromatic carbocycles. The van der Waals surface area contributed by atoms with Gasteiger partial charge in [0.2, 0.25) is 0 Å². The van der Waals surface area contributed by atoms with Crippen molar-refractivity contribution in [3.8, 4) is 10.8 Å². The molecule has 0 saturated carbocycles. The van der Waals surface area contributed by atoms with E-state index in [1.165, 1.54) is 79.3 Å². The van der Waals surface area contributed by atoms with Gasteiger partial charge in [-0.3, -0.25) is 4.57 Å². The predicted molar refractivity (Wildman–Crippen MR) is 199 cm³/mol. The molecule has 0 fully saturated rings. The van der Waals surface area contributed by atoms with Gasteiger partial charge in [0.05, 0.1) is 32.3 Å². The number of para-hydroxylation sites is 2. The molecule has 214 valence electrons. The van der Waals surface area contributed by atoms with E-state index in [0.29, 0.717) is 0 Å². The zero-order chi connectivity index (χ0) is 29.9. The van der Waals surface area contributed by atoms with Gasteiger partial charge in [-0.05, 0) is 71.4 Å². The average Bonchev–Trinajstić information content (AvgIpc) is 3.85. The second-order valence-corrected chi connectivity index (χ2v) is 14.1. The van der Waals surface area contributed by atoms with Crippen molar-refractivity contribution in [3.05, 3.63) is 140 Å². The van der Waals surface area contributed by atoms with Crippen molar-refractivity contribution in [1.82, 2.24) is 14.1 Å². The third-order valence-corrected chi connectivity index (χ3v) is 11.7. The third-order valence-electron chi connectivity index (χ3n) is 9.53. The molecule has 0 spiro atoms. The number of nitrogens with zero attached hydrogens (tertiary/aromatic N) is 3. The zero-order valence-corrected chi connectivity index (χ0v) is 26.1. The van der Waals surface area contributed by atoms with E-state index in [1.54, 1.807) is 11.3 Å². The molecule has 0 N–H and O–H groups in total. The zero-order valence-electron chi connectivity index (χ0n) is 24.4. The van der Waals surface area contributed by atoms with E-state index in [-0.39, 0.29) is 0 Å². The van der Waals surface area contributed by atoms with Crippen molar-refractivity contribution in [2.24, 2.45) is 0 Å². The summed E-state index contributed by atoms with van der Waals surface area (Å²) >= 11 is 3.62. The highest BCUT2D eigenvalue weighted by Gasteiger charge is 2.20. The van der Waals surface area contributed by atoms with E-state index in [1.807, 2.05) is 11.3 Å². The van der Waals surface area contributed by atoms with Crippen LogP contribution in [-0.4, -0.2) is 14.1 Å². The van der Waals surface area contributed by atoms with Gasteiger partial charge in [0, 0.05) is 47.4 Å². The Morgan fingerprint density at radius 1 is 0.413 bits per heavy atom. The SMILES string of the molecule is c1ccc2cc3c(cc2c1)c1ccccc1n3-c1ccc2c(c1)c1ccccc1n2-c1nc2c(ccc3sc4ccccc4c32)s1. The van der Waals surface area contributed by atoms with Crippen LogP contribution in [0.1, 0.15) is 0 Å². The minimum absolute atomic E-state index is 1.00. The second kappa shape index (κ2) is 9.04. The maximum Gasteiger partial charge on any atom is 0.195 e. The largest absolute Gasteiger partial charge is 0.309 e. The molecule has 4 heterocycles. The highest BCUT2D eigenvalue weighted by atomic mass is 32.1. The van der Waals surface area contributed by atoms with Crippen LogP contribution < -0.4 is 0 Å². The highest BCUT2D eigenvalue weighted by Crippen LogP contribution is 2.43. The van der Waals surface area contributed by atoms with E-state index in [4.69, 9.17) is 4.98 Å². The van der Waals surface area contributed by atoms with Gasteiger partial charge >= 0.3 is 0 Å². The molecule has 11 rings (SSSR count). The van der Waals surface area contributed by atoms with Crippen LogP contribution in [0.3, 0.4) is 0 Å². The molecule has 0 atom stereocenters. The standard InChI is InChI=1S/C41H23N3S2/c1-2-10-25-22-35-30(21-24(25)9-1)27-11-3-6-14-32(27)43(35)26-17-18-34-31(23-26)28-12-4-7-15-33(28)44(34)41-42-40-38(46-41)20-19-37-39(40)29-13-5-8-16-36(29)45-37/h1-23H. The maximum atomic E-state index is 5.37. The molecule has 0 bridgehead atoms. The van der Waals surface area contributed by atoms with E-state index in [0.717, 1.165) is 16.3 Å². The number of hydrogen-bond donors (Lipinski definition) is 0. The Morgan fingerprint density at radius 2 is 1.04 bits per heavy atom. The molecule has 3 nitrogen and oxygen atoms in total. The Kier molecular flexibility index (Phi) is 4.87. The Labute approximate surface area is 270 Å². The van der Waals surface area contributed by atoms with Gasteiger partial charge < -0.3 is 4.57 Å². The first kappa shape index (κ1) is 24.8. The summed E-state index contributed by atoms with van der Waals surface area (Å²) in [6.45, 7) is 0. The van der Waals surface area contributed by atoms with E-state index < -0.39 is 0 Å². The molecule has 0 aliphatic carbocycles. The minimum atomic E-state index is 1.00. The van der Waals surface area contributed by atoms with Crippen molar-refractivity contribution in [2.45, 2.75) is 0 Å². The normalized spacial score (nSPS) is 12.3. The quantitative estimate of drug-likeness (QED) is 0.188. The van der Waals surface area contributed by atoms with Crippen molar-refractivity contribution >= 4 is 107 Å². The summed E-state index contributed by atoms with van der Waals surface area (Å²) in [5.41, 5.74) is 7.04. The number of fused-ring (bicyclic) bond motifs is 12. The molecule has 0 radical (unpaired) electrons. The Bertz CT molecular complexity index is 3040. The molecule has 0 aliphatic rings. The van der Waals surface area contributed by atoms with Crippen molar-refractivity contribution < 1.29 is 0 Å². The summed E-state index contributed by atoms with van der Waals surface area (Å²) in [5.74, 6) is 0. The van der Waals surface area contributed by atoms with Gasteiger partial charge in [-0.15, -0.1) is 11.3 Å². The Morgan fingerprint density at radius 3 is 1.87 bits per heavy atom. The van der Waals surface area contributed by atoms with Crippen molar-refractivity contribution in [3.63, 3.8) is 0 Å². The van der Waals surface area contributed by atoms with E-state index >= 15 is 0 Å². The van der Waals surface area contributed by atoms with Crippen LogP contribution in [0.5, 0.6) is 0 Å². The Balaban J connectivity index is 1.19. The maximum absolute atomic E-state index is 5.37. The fourth-order valence-electron chi connectivity index (χ4n) is 7.52. The fraction of sp³-hybridized carbons (Fsp3) is 0. The van der Waals surface area contributed by atoms with Crippen molar-refractivity contribution in [1.29, 1.82) is 0 Å². The summed E-state index contributed by atoms with van der Waals surface area (Å²) in [4.78, 5) is 5.37. The van der Waals surface area contributed by atoms with Crippen LogP contribution >= 0.6 is 22.7 Å². The summed E-state index contributed by atoms with van der Waals surface area (Å²) in [7, 11) is 0. The molecule has 5 heteroatoms. The molecule has 11 aromatic rings. The molecular weight excluding hydrogens is 599 g/mol. The summed E-state index contributed by atoms with van der Waals surface area (Å²) < 4.78 is 8.60. The number of hydrogen-bond acceptors (Lipinski definition) is 3.